The van der Waals surface area contributed by atoms with Gasteiger partial charge < -0.3 is 9.84 Å². The Bertz CT molecular complexity index is 975. The maximum absolute atomic E-state index is 12.9. The fourth-order valence-corrected chi connectivity index (χ4v) is 3.33. The summed E-state index contributed by atoms with van der Waals surface area (Å²) in [6.45, 7) is 5.53. The number of nitrogens with zero attached hydrogens (tertiary/aromatic N) is 5. The van der Waals surface area contributed by atoms with E-state index in [4.69, 9.17) is 4.52 Å². The fourth-order valence-electron chi connectivity index (χ4n) is 3.33. The summed E-state index contributed by atoms with van der Waals surface area (Å²) in [7, 11) is 1.78. The molecule has 1 fully saturated rings. The number of aromatic nitrogens is 5. The highest BCUT2D eigenvalue weighted by Crippen LogP contribution is 2.25. The van der Waals surface area contributed by atoms with Gasteiger partial charge >= 0.3 is 0 Å². The van der Waals surface area contributed by atoms with E-state index in [0.29, 0.717) is 39.9 Å². The van der Waals surface area contributed by atoms with E-state index in [9.17, 15) is 4.79 Å². The van der Waals surface area contributed by atoms with Crippen LogP contribution >= 0.6 is 12.4 Å². The van der Waals surface area contributed by atoms with Gasteiger partial charge in [-0.05, 0) is 45.8 Å². The van der Waals surface area contributed by atoms with Gasteiger partial charge in [0.25, 0.3) is 11.6 Å². The second kappa shape index (κ2) is 7.61. The number of aryl methyl sites for hydroxylation is 3. The highest BCUT2D eigenvalue weighted by atomic mass is 35.5. The van der Waals surface area contributed by atoms with Gasteiger partial charge in [-0.15, -0.1) is 12.4 Å². The molecule has 0 spiro atoms. The van der Waals surface area contributed by atoms with E-state index in [1.54, 1.807) is 24.7 Å². The van der Waals surface area contributed by atoms with Crippen LogP contribution in [0.25, 0.3) is 11.1 Å². The van der Waals surface area contributed by atoms with E-state index in [2.05, 4.69) is 30.9 Å². The summed E-state index contributed by atoms with van der Waals surface area (Å²) in [6.07, 6.45) is 2.00. The first-order chi connectivity index (χ1) is 12.5. The molecule has 1 aliphatic rings. The Morgan fingerprint density at radius 2 is 2.04 bits per heavy atom. The Labute approximate surface area is 162 Å². The Hall–Kier alpha value is -2.52. The molecule has 3 aromatic rings. The molecule has 1 aliphatic heterocycles. The Morgan fingerprint density at radius 1 is 1.30 bits per heavy atom. The molecule has 144 valence electrons. The number of nitrogens with one attached hydrogen (secondary N) is 2. The van der Waals surface area contributed by atoms with Gasteiger partial charge in [-0.1, -0.05) is 5.16 Å². The number of hydrogen-bond acceptors (Lipinski definition) is 7. The summed E-state index contributed by atoms with van der Waals surface area (Å²) in [4.78, 5) is 21.7. The van der Waals surface area contributed by atoms with E-state index >= 15 is 0 Å². The van der Waals surface area contributed by atoms with Gasteiger partial charge in [-0.2, -0.15) is 10.1 Å². The van der Waals surface area contributed by atoms with Gasteiger partial charge in [0.1, 0.15) is 0 Å². The molecule has 0 bridgehead atoms. The summed E-state index contributed by atoms with van der Waals surface area (Å²) in [5.41, 5.74) is 2.15. The average molecular weight is 392 g/mol. The van der Waals surface area contributed by atoms with Crippen molar-refractivity contribution in [1.29, 1.82) is 0 Å². The van der Waals surface area contributed by atoms with Gasteiger partial charge in [0, 0.05) is 18.7 Å². The molecule has 0 atom stereocenters. The predicted molar refractivity (Wildman–Crippen MR) is 102 cm³/mol. The van der Waals surface area contributed by atoms with Gasteiger partial charge in [0.15, 0.2) is 5.82 Å². The number of pyridine rings is 1. The lowest BCUT2D eigenvalue weighted by atomic mass is 9.98. The molecule has 9 nitrogen and oxygen atoms in total. The molecule has 4 rings (SSSR count). The summed E-state index contributed by atoms with van der Waals surface area (Å²) in [5, 5.41) is 15.2. The molecule has 0 aromatic carbocycles. The van der Waals surface area contributed by atoms with Crippen LogP contribution in [0.2, 0.25) is 0 Å². The van der Waals surface area contributed by atoms with Crippen LogP contribution in [0.4, 0.5) is 5.95 Å². The monoisotopic (exact) mass is 391 g/mol. The molecule has 0 radical (unpaired) electrons. The molecule has 1 saturated heterocycles. The zero-order valence-corrected chi connectivity index (χ0v) is 16.3. The smallest absolute Gasteiger partial charge is 0.258 e. The van der Waals surface area contributed by atoms with Crippen LogP contribution < -0.4 is 10.6 Å². The quantitative estimate of drug-likeness (QED) is 0.703. The minimum Gasteiger partial charge on any atom is -0.336 e. The molecule has 1 amide bonds. The highest BCUT2D eigenvalue weighted by molar-refractivity contribution is 6.11. The molecule has 3 aromatic heterocycles. The minimum absolute atomic E-state index is 0. The van der Waals surface area contributed by atoms with Crippen LogP contribution in [-0.4, -0.2) is 43.9 Å². The summed E-state index contributed by atoms with van der Waals surface area (Å²) < 4.78 is 6.81. The lowest BCUT2D eigenvalue weighted by Crippen LogP contribution is -2.27. The molecule has 0 aliphatic carbocycles. The molecule has 0 saturated carbocycles. The zero-order chi connectivity index (χ0) is 18.3. The number of anilines is 1. The summed E-state index contributed by atoms with van der Waals surface area (Å²) >= 11 is 0. The third kappa shape index (κ3) is 3.65. The van der Waals surface area contributed by atoms with Gasteiger partial charge in [0.05, 0.1) is 16.6 Å². The van der Waals surface area contributed by atoms with Crippen molar-refractivity contribution < 1.29 is 9.32 Å². The van der Waals surface area contributed by atoms with E-state index in [-0.39, 0.29) is 18.3 Å². The number of hydrogen-bond donors (Lipinski definition) is 2. The van der Waals surface area contributed by atoms with E-state index in [1.807, 2.05) is 6.92 Å². The van der Waals surface area contributed by atoms with Crippen molar-refractivity contribution >= 4 is 35.4 Å². The van der Waals surface area contributed by atoms with Crippen LogP contribution in [0.15, 0.2) is 10.6 Å². The standard InChI is InChI=1S/C17H21N7O2.ClH/c1-9-8-12(13-10(2)23-26-16(13)19-9)15(25)21-17-20-14(22-24(17)3)11-4-6-18-7-5-11;/h8,11,18H,4-7H2,1-3H3,(H,20,21,22,25);1H. The Morgan fingerprint density at radius 3 is 2.78 bits per heavy atom. The predicted octanol–water partition coefficient (Wildman–Crippen LogP) is 2.11. The van der Waals surface area contributed by atoms with Crippen molar-refractivity contribution in [3.63, 3.8) is 0 Å². The minimum atomic E-state index is -0.279. The third-order valence-corrected chi connectivity index (χ3v) is 4.70. The zero-order valence-electron chi connectivity index (χ0n) is 15.4. The third-order valence-electron chi connectivity index (χ3n) is 4.70. The first kappa shape index (κ1) is 19.2. The number of amides is 1. The van der Waals surface area contributed by atoms with Crippen LogP contribution in [0.3, 0.4) is 0 Å². The highest BCUT2D eigenvalue weighted by Gasteiger charge is 2.23. The topological polar surface area (TPSA) is 111 Å². The lowest BCUT2D eigenvalue weighted by molar-refractivity contribution is 0.102. The van der Waals surface area contributed by atoms with E-state index < -0.39 is 0 Å². The maximum atomic E-state index is 12.9. The number of carbonyl (C=O) groups is 1. The van der Waals surface area contributed by atoms with Crippen molar-refractivity contribution in [3.8, 4) is 0 Å². The fraction of sp³-hybridized carbons (Fsp3) is 0.471. The molecule has 2 N–H and O–H groups in total. The Kier molecular flexibility index (Phi) is 5.43. The van der Waals surface area contributed by atoms with Crippen LogP contribution in [0.5, 0.6) is 0 Å². The number of fused-ring (bicyclic) bond motifs is 1. The lowest BCUT2D eigenvalue weighted by Gasteiger charge is -2.19. The van der Waals surface area contributed by atoms with Crippen molar-refractivity contribution in [3.05, 3.63) is 28.8 Å². The van der Waals surface area contributed by atoms with Crippen molar-refractivity contribution in [1.82, 2.24) is 30.2 Å². The largest absolute Gasteiger partial charge is 0.336 e. The SMILES string of the molecule is Cc1cc(C(=O)Nc2nc(C3CCNCC3)nn2C)c2c(C)noc2n1.Cl. The van der Waals surface area contributed by atoms with Crippen molar-refractivity contribution in [2.45, 2.75) is 32.6 Å². The van der Waals surface area contributed by atoms with Crippen LogP contribution in [-0.2, 0) is 7.05 Å². The van der Waals surface area contributed by atoms with E-state index in [1.165, 1.54) is 0 Å². The second-order valence-corrected chi connectivity index (χ2v) is 6.65. The molecule has 4 heterocycles. The number of carbonyl (C=O) groups excluding carboxylic acids is 1. The van der Waals surface area contributed by atoms with Crippen molar-refractivity contribution in [2.75, 3.05) is 18.4 Å². The van der Waals surface area contributed by atoms with Crippen LogP contribution in [0, 0.1) is 13.8 Å². The first-order valence-corrected chi connectivity index (χ1v) is 8.69. The summed E-state index contributed by atoms with van der Waals surface area (Å²) in [6, 6.07) is 1.73. The van der Waals surface area contributed by atoms with Gasteiger partial charge in [-0.25, -0.2) is 9.67 Å². The molecule has 0 unspecified atom stereocenters. The molecule has 27 heavy (non-hydrogen) atoms. The normalized spacial score (nSPS) is 14.9. The van der Waals surface area contributed by atoms with Crippen molar-refractivity contribution in [2.24, 2.45) is 7.05 Å². The van der Waals surface area contributed by atoms with E-state index in [0.717, 1.165) is 31.8 Å². The van der Waals surface area contributed by atoms with Gasteiger partial charge in [0.2, 0.25) is 5.95 Å². The maximum Gasteiger partial charge on any atom is 0.258 e. The second-order valence-electron chi connectivity index (χ2n) is 6.65. The average Bonchev–Trinajstić information content (AvgIpc) is 3.18. The summed E-state index contributed by atoms with van der Waals surface area (Å²) in [5.74, 6) is 1.25. The first-order valence-electron chi connectivity index (χ1n) is 8.69. The van der Waals surface area contributed by atoms with Crippen LogP contribution in [0.1, 0.15) is 46.3 Å². The molecular weight excluding hydrogens is 370 g/mol. The molecule has 10 heteroatoms. The molecular formula is C17H22ClN7O2. The number of rotatable bonds is 3. The number of piperidine rings is 1. The number of halogens is 1. The van der Waals surface area contributed by atoms with Gasteiger partial charge in [-0.3, -0.25) is 10.1 Å². The Balaban J connectivity index is 0.00000210.